The summed E-state index contributed by atoms with van der Waals surface area (Å²) in [6.45, 7) is 0.682. The van der Waals surface area contributed by atoms with Crippen molar-refractivity contribution in [1.29, 1.82) is 0 Å². The summed E-state index contributed by atoms with van der Waals surface area (Å²) in [5.41, 5.74) is 1.73. The molecule has 2 rings (SSSR count). The van der Waals surface area contributed by atoms with Crippen molar-refractivity contribution in [3.8, 4) is 5.69 Å². The molecule has 0 radical (unpaired) electrons. The third kappa shape index (κ3) is 2.57. The molecule has 0 spiro atoms. The van der Waals surface area contributed by atoms with Crippen molar-refractivity contribution < 1.29 is 4.92 Å². The lowest BCUT2D eigenvalue weighted by atomic mass is 10.3. The number of hydrogen-bond donors (Lipinski definition) is 1. The molecule has 2 aromatic rings. The van der Waals surface area contributed by atoms with Gasteiger partial charge in [-0.25, -0.2) is 4.68 Å². The minimum absolute atomic E-state index is 0.0429. The van der Waals surface area contributed by atoms with Gasteiger partial charge in [0.05, 0.1) is 20.8 Å². The molecular weight excluding hydrogens is 300 g/mol. The van der Waals surface area contributed by atoms with Crippen molar-refractivity contribution in [2.75, 3.05) is 7.05 Å². The summed E-state index contributed by atoms with van der Waals surface area (Å²) in [5, 5.41) is 18.1. The highest BCUT2D eigenvalue weighted by atomic mass is 79.9. The van der Waals surface area contributed by atoms with Crippen LogP contribution in [0.25, 0.3) is 5.69 Å². The zero-order valence-electron chi connectivity index (χ0n) is 9.63. The highest BCUT2D eigenvalue weighted by molar-refractivity contribution is 9.10. The average molecular weight is 311 g/mol. The molecule has 0 amide bonds. The van der Waals surface area contributed by atoms with Gasteiger partial charge in [0.2, 0.25) is 0 Å². The van der Waals surface area contributed by atoms with Crippen molar-refractivity contribution in [2.45, 2.75) is 6.54 Å². The lowest BCUT2D eigenvalue weighted by molar-refractivity contribution is -0.385. The van der Waals surface area contributed by atoms with Crippen molar-refractivity contribution >= 4 is 21.6 Å². The molecule has 0 fully saturated rings. The van der Waals surface area contributed by atoms with E-state index in [-0.39, 0.29) is 5.69 Å². The number of hydrogen-bond acceptors (Lipinski definition) is 4. The Morgan fingerprint density at radius 3 is 2.89 bits per heavy atom. The molecule has 1 aromatic carbocycles. The summed E-state index contributed by atoms with van der Waals surface area (Å²) in [6, 6.07) is 6.69. The quantitative estimate of drug-likeness (QED) is 0.694. The van der Waals surface area contributed by atoms with Gasteiger partial charge < -0.3 is 5.32 Å². The number of nitrogens with one attached hydrogen (secondary N) is 1. The monoisotopic (exact) mass is 310 g/mol. The van der Waals surface area contributed by atoms with Crippen molar-refractivity contribution in [1.82, 2.24) is 15.1 Å². The molecule has 18 heavy (non-hydrogen) atoms. The molecule has 0 unspecified atom stereocenters. The Morgan fingerprint density at radius 1 is 1.50 bits per heavy atom. The van der Waals surface area contributed by atoms with Crippen molar-refractivity contribution in [3.05, 3.63) is 50.7 Å². The van der Waals surface area contributed by atoms with Gasteiger partial charge in [0.15, 0.2) is 0 Å². The summed E-state index contributed by atoms with van der Waals surface area (Å²) >= 11 is 3.19. The van der Waals surface area contributed by atoms with Gasteiger partial charge >= 0.3 is 0 Å². The van der Waals surface area contributed by atoms with E-state index in [0.29, 0.717) is 11.0 Å². The van der Waals surface area contributed by atoms with Gasteiger partial charge in [-0.15, -0.1) is 0 Å². The van der Waals surface area contributed by atoms with Crippen molar-refractivity contribution in [3.63, 3.8) is 0 Å². The van der Waals surface area contributed by atoms with Gasteiger partial charge in [0, 0.05) is 18.8 Å². The fourth-order valence-corrected chi connectivity index (χ4v) is 2.08. The number of aromatic nitrogens is 2. The number of halogens is 1. The molecular formula is C11H11BrN4O2. The van der Waals surface area contributed by atoms with Gasteiger partial charge in [-0.2, -0.15) is 5.10 Å². The molecule has 7 heteroatoms. The van der Waals surface area contributed by atoms with E-state index in [0.717, 1.165) is 11.4 Å². The summed E-state index contributed by atoms with van der Waals surface area (Å²) in [6.07, 6.45) is 1.82. The maximum atomic E-state index is 10.7. The Morgan fingerprint density at radius 2 is 2.28 bits per heavy atom. The second-order valence-corrected chi connectivity index (χ2v) is 4.53. The Bertz CT molecular complexity index is 582. The van der Waals surface area contributed by atoms with Crippen LogP contribution in [0.4, 0.5) is 5.69 Å². The maximum absolute atomic E-state index is 10.7. The molecule has 1 N–H and O–H groups in total. The van der Waals surface area contributed by atoms with Crippen LogP contribution in [-0.4, -0.2) is 21.8 Å². The molecule has 0 aliphatic rings. The fraction of sp³-hybridized carbons (Fsp3) is 0.182. The van der Waals surface area contributed by atoms with Crippen LogP contribution in [0.15, 0.2) is 34.9 Å². The average Bonchev–Trinajstić information content (AvgIpc) is 2.77. The van der Waals surface area contributed by atoms with Crippen LogP contribution >= 0.6 is 15.9 Å². The minimum atomic E-state index is -0.427. The van der Waals surface area contributed by atoms with Gasteiger partial charge in [-0.05, 0) is 41.2 Å². The molecule has 1 aromatic heterocycles. The summed E-state index contributed by atoms with van der Waals surface area (Å²) in [7, 11) is 1.85. The van der Waals surface area contributed by atoms with Crippen molar-refractivity contribution in [2.24, 2.45) is 0 Å². The first-order valence-electron chi connectivity index (χ1n) is 5.25. The Kier molecular flexibility index (Phi) is 3.73. The minimum Gasteiger partial charge on any atom is -0.314 e. The van der Waals surface area contributed by atoms with E-state index in [1.807, 2.05) is 19.3 Å². The second-order valence-electron chi connectivity index (χ2n) is 3.67. The van der Waals surface area contributed by atoms with E-state index >= 15 is 0 Å². The lowest BCUT2D eigenvalue weighted by Crippen LogP contribution is -2.06. The third-order valence-corrected chi connectivity index (χ3v) is 3.03. The highest BCUT2D eigenvalue weighted by Gasteiger charge is 2.12. The highest BCUT2D eigenvalue weighted by Crippen LogP contribution is 2.26. The van der Waals surface area contributed by atoms with E-state index in [4.69, 9.17) is 0 Å². The SMILES string of the molecule is CNCc1ccn(-c2ccc([N+](=O)[O-])c(Br)c2)n1. The van der Waals surface area contributed by atoms with Crippen LogP contribution < -0.4 is 5.32 Å². The Labute approximate surface area is 112 Å². The van der Waals surface area contributed by atoms with E-state index in [1.54, 1.807) is 16.8 Å². The first-order valence-corrected chi connectivity index (χ1v) is 6.04. The van der Waals surface area contributed by atoms with Crippen LogP contribution in [0.2, 0.25) is 0 Å². The zero-order chi connectivity index (χ0) is 13.1. The zero-order valence-corrected chi connectivity index (χ0v) is 11.2. The summed E-state index contributed by atoms with van der Waals surface area (Å²) < 4.78 is 2.12. The van der Waals surface area contributed by atoms with Crippen LogP contribution in [0, 0.1) is 10.1 Å². The molecule has 94 valence electrons. The van der Waals surface area contributed by atoms with E-state index in [1.165, 1.54) is 6.07 Å². The molecule has 0 aliphatic heterocycles. The third-order valence-electron chi connectivity index (χ3n) is 2.39. The standard InChI is InChI=1S/C11H11BrN4O2/c1-13-7-8-4-5-15(14-8)9-2-3-11(16(17)18)10(12)6-9/h2-6,13H,7H2,1H3. The summed E-state index contributed by atoms with van der Waals surface area (Å²) in [4.78, 5) is 10.3. The number of benzene rings is 1. The largest absolute Gasteiger partial charge is 0.314 e. The van der Waals surface area contributed by atoms with E-state index in [2.05, 4.69) is 26.3 Å². The molecule has 0 saturated carbocycles. The van der Waals surface area contributed by atoms with Crippen LogP contribution in [-0.2, 0) is 6.54 Å². The molecule has 0 atom stereocenters. The number of nitro groups is 1. The predicted octanol–water partition coefficient (Wildman–Crippen LogP) is 2.26. The topological polar surface area (TPSA) is 73.0 Å². The van der Waals surface area contributed by atoms with Gasteiger partial charge in [0.1, 0.15) is 0 Å². The predicted molar refractivity (Wildman–Crippen MR) is 70.7 cm³/mol. The number of nitrogens with zero attached hydrogens (tertiary/aromatic N) is 3. The first-order chi connectivity index (χ1) is 8.61. The van der Waals surface area contributed by atoms with Crippen LogP contribution in [0.5, 0.6) is 0 Å². The van der Waals surface area contributed by atoms with Crippen LogP contribution in [0.3, 0.4) is 0 Å². The number of nitro benzene ring substituents is 1. The molecule has 6 nitrogen and oxygen atoms in total. The smallest absolute Gasteiger partial charge is 0.283 e. The summed E-state index contributed by atoms with van der Waals surface area (Å²) in [5.74, 6) is 0. The molecule has 0 bridgehead atoms. The van der Waals surface area contributed by atoms with Gasteiger partial charge in [-0.1, -0.05) is 0 Å². The van der Waals surface area contributed by atoms with Gasteiger partial charge in [-0.3, -0.25) is 10.1 Å². The Balaban J connectivity index is 2.33. The molecule has 1 heterocycles. The van der Waals surface area contributed by atoms with Gasteiger partial charge in [0.25, 0.3) is 5.69 Å². The first kappa shape index (κ1) is 12.7. The molecule has 0 aliphatic carbocycles. The van der Waals surface area contributed by atoms with Crippen LogP contribution in [0.1, 0.15) is 5.69 Å². The fourth-order valence-electron chi connectivity index (χ4n) is 1.57. The normalized spacial score (nSPS) is 10.6. The van der Waals surface area contributed by atoms with E-state index in [9.17, 15) is 10.1 Å². The Hall–Kier alpha value is -1.73. The lowest BCUT2D eigenvalue weighted by Gasteiger charge is -2.02. The maximum Gasteiger partial charge on any atom is 0.283 e. The number of rotatable bonds is 4. The van der Waals surface area contributed by atoms with E-state index < -0.39 is 4.92 Å². The molecule has 0 saturated heterocycles. The second kappa shape index (κ2) is 5.28.